The van der Waals surface area contributed by atoms with Crippen LogP contribution in [0.15, 0.2) is 48.5 Å². The maximum absolute atomic E-state index is 12.7. The van der Waals surface area contributed by atoms with Crippen LogP contribution in [0.5, 0.6) is 0 Å². The van der Waals surface area contributed by atoms with Gasteiger partial charge in [0.25, 0.3) is 10.2 Å². The summed E-state index contributed by atoms with van der Waals surface area (Å²) in [5.41, 5.74) is 4.05. The fraction of sp³-hybridized carbons (Fsp3) is 0.350. The summed E-state index contributed by atoms with van der Waals surface area (Å²) in [7, 11) is -3.52. The van der Waals surface area contributed by atoms with E-state index in [0.717, 1.165) is 40.8 Å². The molecular weight excluding hydrogens is 360 g/mol. The van der Waals surface area contributed by atoms with Gasteiger partial charge in [-0.3, -0.25) is 0 Å². The minimum Gasteiger partial charge on any atom is -0.342 e. The molecule has 0 amide bonds. The Bertz CT molecular complexity index is 1030. The Morgan fingerprint density at radius 3 is 2.78 bits per heavy atom. The molecule has 2 N–H and O–H groups in total. The minimum absolute atomic E-state index is 0.0823. The molecule has 1 aliphatic rings. The molecule has 1 fully saturated rings. The molecule has 2 aromatic carbocycles. The molecule has 0 saturated carbocycles. The normalized spacial score (nSPS) is 18.8. The third kappa shape index (κ3) is 3.90. The van der Waals surface area contributed by atoms with Crippen molar-refractivity contribution >= 4 is 21.2 Å². The zero-order chi connectivity index (χ0) is 18.9. The molecular formula is C20H24N4O2S. The van der Waals surface area contributed by atoms with Crippen molar-refractivity contribution in [1.82, 2.24) is 19.0 Å². The van der Waals surface area contributed by atoms with E-state index in [1.807, 2.05) is 55.5 Å². The van der Waals surface area contributed by atoms with E-state index in [-0.39, 0.29) is 5.92 Å². The highest BCUT2D eigenvalue weighted by Crippen LogP contribution is 2.28. The predicted octanol–water partition coefficient (Wildman–Crippen LogP) is 3.09. The number of rotatable bonds is 5. The second kappa shape index (κ2) is 7.42. The van der Waals surface area contributed by atoms with Crippen LogP contribution in [-0.4, -0.2) is 35.8 Å². The minimum atomic E-state index is -3.52. The van der Waals surface area contributed by atoms with Crippen LogP contribution >= 0.6 is 0 Å². The molecule has 0 radical (unpaired) electrons. The predicted molar refractivity (Wildman–Crippen MR) is 107 cm³/mol. The molecule has 27 heavy (non-hydrogen) atoms. The summed E-state index contributed by atoms with van der Waals surface area (Å²) in [4.78, 5) is 8.13. The lowest BCUT2D eigenvalue weighted by atomic mass is 9.99. The number of para-hydroxylation sites is 1. The van der Waals surface area contributed by atoms with E-state index < -0.39 is 10.2 Å². The number of hydrogen-bond acceptors (Lipinski definition) is 3. The molecule has 0 unspecified atom stereocenters. The zero-order valence-electron chi connectivity index (χ0n) is 15.4. The van der Waals surface area contributed by atoms with Crippen LogP contribution in [-0.2, 0) is 16.8 Å². The molecule has 142 valence electrons. The molecule has 3 aromatic rings. The van der Waals surface area contributed by atoms with E-state index in [4.69, 9.17) is 4.98 Å². The fourth-order valence-corrected chi connectivity index (χ4v) is 4.91. The van der Waals surface area contributed by atoms with Gasteiger partial charge in [0.15, 0.2) is 0 Å². The van der Waals surface area contributed by atoms with Gasteiger partial charge in [0.05, 0.1) is 11.0 Å². The van der Waals surface area contributed by atoms with Crippen LogP contribution < -0.4 is 4.72 Å². The first-order valence-corrected chi connectivity index (χ1v) is 10.7. The number of nitrogens with zero attached hydrogens (tertiary/aromatic N) is 2. The van der Waals surface area contributed by atoms with Gasteiger partial charge < -0.3 is 4.98 Å². The van der Waals surface area contributed by atoms with Crippen LogP contribution in [0.4, 0.5) is 0 Å². The van der Waals surface area contributed by atoms with Crippen molar-refractivity contribution in [2.75, 3.05) is 13.1 Å². The van der Waals surface area contributed by atoms with Crippen molar-refractivity contribution < 1.29 is 8.42 Å². The Kier molecular flexibility index (Phi) is 4.99. The second-order valence-electron chi connectivity index (χ2n) is 7.10. The molecule has 7 heteroatoms. The summed E-state index contributed by atoms with van der Waals surface area (Å²) in [6.07, 6.45) is 1.76. The molecule has 0 spiro atoms. The number of aryl methyl sites for hydroxylation is 1. The standard InChI is InChI=1S/C20H24N4O2S/c1-15-7-5-11-18-19(15)23-20(22-18)17-10-6-12-24(14-17)27(25,26)21-13-16-8-3-2-4-9-16/h2-5,7-9,11,17,21H,6,10,12-14H2,1H3,(H,22,23)/t17-/m0/s1. The lowest BCUT2D eigenvalue weighted by Gasteiger charge is -2.31. The third-order valence-corrected chi connectivity index (χ3v) is 6.67. The van der Waals surface area contributed by atoms with Crippen molar-refractivity contribution in [3.05, 3.63) is 65.5 Å². The molecule has 4 rings (SSSR count). The summed E-state index contributed by atoms with van der Waals surface area (Å²) in [5.74, 6) is 0.959. The number of hydrogen-bond donors (Lipinski definition) is 2. The Balaban J connectivity index is 1.49. The Morgan fingerprint density at radius 2 is 2.00 bits per heavy atom. The van der Waals surface area contributed by atoms with E-state index in [1.54, 1.807) is 4.31 Å². The zero-order valence-corrected chi connectivity index (χ0v) is 16.2. The first-order chi connectivity index (χ1) is 13.0. The summed E-state index contributed by atoms with van der Waals surface area (Å²) < 4.78 is 29.8. The van der Waals surface area contributed by atoms with Gasteiger partial charge >= 0.3 is 0 Å². The molecule has 6 nitrogen and oxygen atoms in total. The van der Waals surface area contributed by atoms with Crippen molar-refractivity contribution in [2.45, 2.75) is 32.2 Å². The summed E-state index contributed by atoms with van der Waals surface area (Å²) >= 11 is 0. The van der Waals surface area contributed by atoms with E-state index in [1.165, 1.54) is 0 Å². The maximum Gasteiger partial charge on any atom is 0.279 e. The number of piperidine rings is 1. The van der Waals surface area contributed by atoms with Crippen molar-refractivity contribution in [3.8, 4) is 0 Å². The molecule has 0 bridgehead atoms. The Hall–Kier alpha value is -2.22. The fourth-order valence-electron chi connectivity index (χ4n) is 3.63. The number of aromatic amines is 1. The highest BCUT2D eigenvalue weighted by atomic mass is 32.2. The molecule has 1 aromatic heterocycles. The molecule has 1 aliphatic heterocycles. The SMILES string of the molecule is Cc1cccc2[nH]c([C@H]3CCCN(S(=O)(=O)NCc4ccccc4)C3)nc12. The van der Waals surface area contributed by atoms with Crippen LogP contribution in [0.2, 0.25) is 0 Å². The summed E-state index contributed by atoms with van der Waals surface area (Å²) in [5, 5.41) is 0. The molecule has 1 saturated heterocycles. The first kappa shape index (κ1) is 18.2. The van der Waals surface area contributed by atoms with E-state index in [9.17, 15) is 8.42 Å². The van der Waals surface area contributed by atoms with Gasteiger partial charge in [-0.05, 0) is 37.0 Å². The summed E-state index contributed by atoms with van der Waals surface area (Å²) in [6, 6.07) is 15.6. The van der Waals surface area contributed by atoms with Crippen molar-refractivity contribution in [2.24, 2.45) is 0 Å². The van der Waals surface area contributed by atoms with E-state index in [0.29, 0.717) is 19.6 Å². The van der Waals surface area contributed by atoms with E-state index >= 15 is 0 Å². The third-order valence-electron chi connectivity index (χ3n) is 5.15. The lowest BCUT2D eigenvalue weighted by molar-refractivity contribution is 0.306. The summed E-state index contributed by atoms with van der Waals surface area (Å²) in [6.45, 7) is 3.33. The highest BCUT2D eigenvalue weighted by molar-refractivity contribution is 7.87. The largest absolute Gasteiger partial charge is 0.342 e. The van der Waals surface area contributed by atoms with Gasteiger partial charge in [0, 0.05) is 25.6 Å². The van der Waals surface area contributed by atoms with Gasteiger partial charge in [-0.1, -0.05) is 42.5 Å². The van der Waals surface area contributed by atoms with Gasteiger partial charge in [-0.25, -0.2) is 4.98 Å². The maximum atomic E-state index is 12.7. The molecule has 2 heterocycles. The lowest BCUT2D eigenvalue weighted by Crippen LogP contribution is -2.45. The van der Waals surface area contributed by atoms with Crippen LogP contribution in [0.3, 0.4) is 0 Å². The number of H-pyrrole nitrogens is 1. The molecule has 0 aliphatic carbocycles. The number of imidazole rings is 1. The monoisotopic (exact) mass is 384 g/mol. The van der Waals surface area contributed by atoms with Crippen molar-refractivity contribution in [3.63, 3.8) is 0 Å². The van der Waals surface area contributed by atoms with Gasteiger partial charge in [0.2, 0.25) is 0 Å². The average molecular weight is 385 g/mol. The van der Waals surface area contributed by atoms with E-state index in [2.05, 4.69) is 9.71 Å². The number of benzene rings is 2. The Labute approximate surface area is 159 Å². The van der Waals surface area contributed by atoms with Crippen LogP contribution in [0.25, 0.3) is 11.0 Å². The average Bonchev–Trinajstić information content (AvgIpc) is 3.13. The smallest absolute Gasteiger partial charge is 0.279 e. The number of nitrogens with one attached hydrogen (secondary N) is 2. The number of aromatic nitrogens is 2. The quantitative estimate of drug-likeness (QED) is 0.710. The molecule has 1 atom stereocenters. The van der Waals surface area contributed by atoms with Crippen molar-refractivity contribution in [1.29, 1.82) is 0 Å². The van der Waals surface area contributed by atoms with Gasteiger partial charge in [0.1, 0.15) is 5.82 Å². The van der Waals surface area contributed by atoms with Crippen LogP contribution in [0, 0.1) is 6.92 Å². The highest BCUT2D eigenvalue weighted by Gasteiger charge is 2.31. The van der Waals surface area contributed by atoms with Gasteiger partial charge in [-0.15, -0.1) is 0 Å². The van der Waals surface area contributed by atoms with Gasteiger partial charge in [-0.2, -0.15) is 17.4 Å². The topological polar surface area (TPSA) is 78.1 Å². The Morgan fingerprint density at radius 1 is 1.19 bits per heavy atom. The first-order valence-electron chi connectivity index (χ1n) is 9.27. The second-order valence-corrected chi connectivity index (χ2v) is 8.86. The number of fused-ring (bicyclic) bond motifs is 1. The van der Waals surface area contributed by atoms with Crippen LogP contribution in [0.1, 0.15) is 35.7 Å².